The van der Waals surface area contributed by atoms with Gasteiger partial charge in [-0.25, -0.2) is 0 Å². The molecule has 0 saturated heterocycles. The molecule has 14 heavy (non-hydrogen) atoms. The fourth-order valence-corrected chi connectivity index (χ4v) is 1.77. The Morgan fingerprint density at radius 2 is 1.93 bits per heavy atom. The molecular weight excluding hydrogens is 174 g/mol. The lowest BCUT2D eigenvalue weighted by molar-refractivity contribution is 0.406. The van der Waals surface area contributed by atoms with Gasteiger partial charge in [-0.3, -0.25) is 0 Å². The summed E-state index contributed by atoms with van der Waals surface area (Å²) in [6.45, 7) is 4.82. The SMILES string of the molecule is CCCc1ccc(CN)c(OC)c1C. The minimum atomic E-state index is 0.538. The summed E-state index contributed by atoms with van der Waals surface area (Å²) in [4.78, 5) is 0. The molecule has 0 bridgehead atoms. The average Bonchev–Trinajstić information content (AvgIpc) is 2.21. The highest BCUT2D eigenvalue weighted by Crippen LogP contribution is 2.26. The van der Waals surface area contributed by atoms with Gasteiger partial charge in [0.25, 0.3) is 0 Å². The van der Waals surface area contributed by atoms with Gasteiger partial charge in [-0.2, -0.15) is 0 Å². The summed E-state index contributed by atoms with van der Waals surface area (Å²) in [5.41, 5.74) is 9.32. The first-order valence-corrected chi connectivity index (χ1v) is 5.10. The number of aryl methyl sites for hydroxylation is 1. The molecule has 0 aliphatic carbocycles. The van der Waals surface area contributed by atoms with E-state index in [-0.39, 0.29) is 0 Å². The Balaban J connectivity index is 3.13. The molecule has 0 amide bonds. The van der Waals surface area contributed by atoms with E-state index >= 15 is 0 Å². The summed E-state index contributed by atoms with van der Waals surface area (Å²) in [6.07, 6.45) is 2.26. The van der Waals surface area contributed by atoms with Crippen molar-refractivity contribution in [3.8, 4) is 5.75 Å². The normalized spacial score (nSPS) is 10.3. The van der Waals surface area contributed by atoms with Gasteiger partial charge in [0.15, 0.2) is 0 Å². The third-order valence-corrected chi connectivity index (χ3v) is 2.54. The maximum Gasteiger partial charge on any atom is 0.126 e. The smallest absolute Gasteiger partial charge is 0.126 e. The van der Waals surface area contributed by atoms with E-state index in [1.54, 1.807) is 7.11 Å². The van der Waals surface area contributed by atoms with E-state index in [1.165, 1.54) is 11.1 Å². The molecular formula is C12H19NO. The van der Waals surface area contributed by atoms with Crippen molar-refractivity contribution in [2.24, 2.45) is 5.73 Å². The number of ether oxygens (including phenoxy) is 1. The van der Waals surface area contributed by atoms with Crippen molar-refractivity contribution >= 4 is 0 Å². The average molecular weight is 193 g/mol. The molecule has 1 aromatic carbocycles. The second-order valence-corrected chi connectivity index (χ2v) is 3.50. The fourth-order valence-electron chi connectivity index (χ4n) is 1.77. The minimum absolute atomic E-state index is 0.538. The van der Waals surface area contributed by atoms with E-state index in [1.807, 2.05) is 0 Å². The van der Waals surface area contributed by atoms with Crippen LogP contribution in [0.15, 0.2) is 12.1 Å². The van der Waals surface area contributed by atoms with Crippen molar-refractivity contribution in [2.75, 3.05) is 7.11 Å². The lowest BCUT2D eigenvalue weighted by Gasteiger charge is -2.13. The van der Waals surface area contributed by atoms with E-state index in [2.05, 4.69) is 26.0 Å². The molecule has 1 aromatic rings. The van der Waals surface area contributed by atoms with Crippen LogP contribution in [0.1, 0.15) is 30.0 Å². The number of nitrogens with two attached hydrogens (primary N) is 1. The highest BCUT2D eigenvalue weighted by Gasteiger charge is 2.08. The van der Waals surface area contributed by atoms with Crippen molar-refractivity contribution in [1.29, 1.82) is 0 Å². The summed E-state index contributed by atoms with van der Waals surface area (Å²) in [7, 11) is 1.71. The van der Waals surface area contributed by atoms with Crippen LogP contribution in [-0.2, 0) is 13.0 Å². The zero-order valence-electron chi connectivity index (χ0n) is 9.26. The maximum atomic E-state index is 5.64. The Bertz CT molecular complexity index is 307. The summed E-state index contributed by atoms with van der Waals surface area (Å²) in [5.74, 6) is 0.957. The predicted molar refractivity (Wildman–Crippen MR) is 59.6 cm³/mol. The van der Waals surface area contributed by atoms with Crippen molar-refractivity contribution in [3.63, 3.8) is 0 Å². The predicted octanol–water partition coefficient (Wildman–Crippen LogP) is 2.41. The first kappa shape index (κ1) is 11.1. The van der Waals surface area contributed by atoms with Gasteiger partial charge in [-0.05, 0) is 24.5 Å². The second-order valence-electron chi connectivity index (χ2n) is 3.50. The standard InChI is InChI=1S/C12H19NO/c1-4-5-10-6-7-11(8-13)12(14-3)9(10)2/h6-7H,4-5,8,13H2,1-3H3. The van der Waals surface area contributed by atoms with Crippen LogP contribution in [-0.4, -0.2) is 7.11 Å². The van der Waals surface area contributed by atoms with E-state index in [0.717, 1.165) is 24.2 Å². The first-order chi connectivity index (χ1) is 6.74. The Hall–Kier alpha value is -1.02. The molecule has 2 heteroatoms. The topological polar surface area (TPSA) is 35.2 Å². The highest BCUT2D eigenvalue weighted by atomic mass is 16.5. The van der Waals surface area contributed by atoms with Crippen LogP contribution in [0.2, 0.25) is 0 Å². The summed E-state index contributed by atoms with van der Waals surface area (Å²) in [6, 6.07) is 4.22. The molecule has 2 N–H and O–H groups in total. The van der Waals surface area contributed by atoms with Crippen molar-refractivity contribution < 1.29 is 4.74 Å². The minimum Gasteiger partial charge on any atom is -0.496 e. The highest BCUT2D eigenvalue weighted by molar-refractivity contribution is 5.45. The lowest BCUT2D eigenvalue weighted by Crippen LogP contribution is -2.03. The molecule has 0 heterocycles. The molecule has 78 valence electrons. The first-order valence-electron chi connectivity index (χ1n) is 5.10. The van der Waals surface area contributed by atoms with Gasteiger partial charge in [0.1, 0.15) is 5.75 Å². The third kappa shape index (κ3) is 2.07. The van der Waals surface area contributed by atoms with Crippen molar-refractivity contribution in [2.45, 2.75) is 33.2 Å². The Labute approximate surface area is 86.1 Å². The summed E-state index contributed by atoms with van der Waals surface area (Å²) >= 11 is 0. The Morgan fingerprint density at radius 3 is 2.43 bits per heavy atom. The van der Waals surface area contributed by atoms with E-state index in [9.17, 15) is 0 Å². The molecule has 0 saturated carbocycles. The van der Waals surface area contributed by atoms with E-state index < -0.39 is 0 Å². The zero-order chi connectivity index (χ0) is 10.6. The van der Waals surface area contributed by atoms with Crippen LogP contribution in [0.3, 0.4) is 0 Å². The molecule has 0 aromatic heterocycles. The van der Waals surface area contributed by atoms with Crippen molar-refractivity contribution in [3.05, 3.63) is 28.8 Å². The largest absolute Gasteiger partial charge is 0.496 e. The lowest BCUT2D eigenvalue weighted by atomic mass is 10.00. The number of hydrogen-bond acceptors (Lipinski definition) is 2. The molecule has 2 nitrogen and oxygen atoms in total. The maximum absolute atomic E-state index is 5.64. The van der Waals surface area contributed by atoms with E-state index in [0.29, 0.717) is 6.54 Å². The van der Waals surface area contributed by atoms with Gasteiger partial charge in [0.2, 0.25) is 0 Å². The molecule has 0 aliphatic heterocycles. The van der Waals surface area contributed by atoms with Gasteiger partial charge in [0, 0.05) is 12.1 Å². The number of methoxy groups -OCH3 is 1. The second kappa shape index (κ2) is 5.01. The quantitative estimate of drug-likeness (QED) is 0.797. The number of rotatable bonds is 4. The van der Waals surface area contributed by atoms with Gasteiger partial charge in [-0.1, -0.05) is 25.5 Å². The number of hydrogen-bond donors (Lipinski definition) is 1. The van der Waals surface area contributed by atoms with Crippen LogP contribution in [0.5, 0.6) is 5.75 Å². The van der Waals surface area contributed by atoms with E-state index in [4.69, 9.17) is 10.5 Å². The van der Waals surface area contributed by atoms with Crippen molar-refractivity contribution in [1.82, 2.24) is 0 Å². The molecule has 0 unspecified atom stereocenters. The van der Waals surface area contributed by atoms with Gasteiger partial charge in [-0.15, -0.1) is 0 Å². The van der Waals surface area contributed by atoms with Crippen LogP contribution in [0.25, 0.3) is 0 Å². The molecule has 0 radical (unpaired) electrons. The number of benzene rings is 1. The Kier molecular flexibility index (Phi) is 3.96. The molecule has 0 spiro atoms. The van der Waals surface area contributed by atoms with Crippen LogP contribution < -0.4 is 10.5 Å². The third-order valence-electron chi connectivity index (χ3n) is 2.54. The molecule has 0 atom stereocenters. The fraction of sp³-hybridized carbons (Fsp3) is 0.500. The monoisotopic (exact) mass is 193 g/mol. The Morgan fingerprint density at radius 1 is 1.29 bits per heavy atom. The van der Waals surface area contributed by atoms with Gasteiger partial charge < -0.3 is 10.5 Å². The van der Waals surface area contributed by atoms with Crippen LogP contribution in [0.4, 0.5) is 0 Å². The molecule has 1 rings (SSSR count). The van der Waals surface area contributed by atoms with Crippen LogP contribution >= 0.6 is 0 Å². The van der Waals surface area contributed by atoms with Crippen LogP contribution in [0, 0.1) is 6.92 Å². The summed E-state index contributed by atoms with van der Waals surface area (Å²) < 4.78 is 5.37. The van der Waals surface area contributed by atoms with Gasteiger partial charge >= 0.3 is 0 Å². The molecule has 0 fully saturated rings. The summed E-state index contributed by atoms with van der Waals surface area (Å²) in [5, 5.41) is 0. The zero-order valence-corrected chi connectivity index (χ0v) is 9.26. The molecule has 0 aliphatic rings. The van der Waals surface area contributed by atoms with Gasteiger partial charge in [0.05, 0.1) is 7.11 Å².